The van der Waals surface area contributed by atoms with Crippen molar-refractivity contribution in [3.05, 3.63) is 46.7 Å². The van der Waals surface area contributed by atoms with E-state index in [1.807, 2.05) is 30.3 Å². The fourth-order valence-corrected chi connectivity index (χ4v) is 2.52. The molecule has 0 saturated carbocycles. The van der Waals surface area contributed by atoms with Gasteiger partial charge in [-0.1, -0.05) is 41.9 Å². The molecule has 0 atom stereocenters. The summed E-state index contributed by atoms with van der Waals surface area (Å²) in [7, 11) is 0. The molecule has 0 radical (unpaired) electrons. The van der Waals surface area contributed by atoms with Crippen molar-refractivity contribution in [2.75, 3.05) is 13.2 Å². The van der Waals surface area contributed by atoms with Crippen molar-refractivity contribution in [2.24, 2.45) is 0 Å². The van der Waals surface area contributed by atoms with Crippen LogP contribution in [0.1, 0.15) is 12.0 Å². The van der Waals surface area contributed by atoms with Gasteiger partial charge >= 0.3 is 0 Å². The summed E-state index contributed by atoms with van der Waals surface area (Å²) in [6, 6.07) is 9.65. The van der Waals surface area contributed by atoms with E-state index in [0.29, 0.717) is 25.6 Å². The van der Waals surface area contributed by atoms with E-state index in [9.17, 15) is 4.79 Å². The molecule has 0 N–H and O–H groups in total. The molecule has 1 heterocycles. The second-order valence-corrected chi connectivity index (χ2v) is 4.85. The monoisotopic (exact) mass is 280 g/mol. The minimum atomic E-state index is -1.09. The van der Waals surface area contributed by atoms with E-state index in [1.54, 1.807) is 0 Å². The molecule has 0 unspecified atom stereocenters. The summed E-state index contributed by atoms with van der Waals surface area (Å²) in [5, 5.41) is 0.0813. The average Bonchev–Trinajstić information content (AvgIpc) is 2.97. The predicted octanol–water partition coefficient (Wildman–Crippen LogP) is 2.37. The summed E-state index contributed by atoms with van der Waals surface area (Å²) in [6.45, 7) is 1.21. The number of benzene rings is 1. The van der Waals surface area contributed by atoms with Crippen molar-refractivity contribution in [1.29, 1.82) is 0 Å². The molecule has 0 bridgehead atoms. The second-order valence-electron chi connectivity index (χ2n) is 4.47. The Morgan fingerprint density at radius 3 is 2.58 bits per heavy atom. The Morgan fingerprint density at radius 2 is 1.89 bits per heavy atom. The number of carbonyl (C=O) groups excluding carboxylic acids is 1. The van der Waals surface area contributed by atoms with Gasteiger partial charge in [-0.05, 0) is 5.56 Å². The lowest BCUT2D eigenvalue weighted by atomic mass is 10.2. The third-order valence-electron chi connectivity index (χ3n) is 3.16. The molecule has 0 aromatic heterocycles. The smallest absolute Gasteiger partial charge is 0.237 e. The minimum absolute atomic E-state index is 0.0813. The molecule has 1 aliphatic heterocycles. The maximum Gasteiger partial charge on any atom is 0.237 e. The standard InChI is InChI=1S/C14H13ClO4/c15-12-11(16)8-14(18-6-7-19-14)13(12)17-9-10-4-2-1-3-5-10/h1-5H,6-9H2. The van der Waals surface area contributed by atoms with Crippen molar-refractivity contribution in [1.82, 2.24) is 0 Å². The highest BCUT2D eigenvalue weighted by Crippen LogP contribution is 2.42. The van der Waals surface area contributed by atoms with Crippen molar-refractivity contribution in [3.8, 4) is 0 Å². The molecular weight excluding hydrogens is 268 g/mol. The molecule has 2 aliphatic rings. The SMILES string of the molecule is O=C1CC2(OCCO2)C(OCc2ccccc2)=C1Cl. The molecule has 1 fully saturated rings. The molecule has 100 valence electrons. The van der Waals surface area contributed by atoms with Gasteiger partial charge in [0, 0.05) is 0 Å². The van der Waals surface area contributed by atoms with Gasteiger partial charge in [-0.2, -0.15) is 0 Å². The molecule has 1 aromatic carbocycles. The molecular formula is C14H13ClO4. The number of halogens is 1. The Balaban J connectivity index is 1.79. The predicted molar refractivity (Wildman–Crippen MR) is 68.4 cm³/mol. The zero-order valence-electron chi connectivity index (χ0n) is 10.2. The van der Waals surface area contributed by atoms with Gasteiger partial charge in [-0.15, -0.1) is 0 Å². The maximum atomic E-state index is 11.7. The normalized spacial score (nSPS) is 21.4. The lowest BCUT2D eigenvalue weighted by Gasteiger charge is -2.24. The van der Waals surface area contributed by atoms with Gasteiger partial charge in [0.2, 0.25) is 5.79 Å². The van der Waals surface area contributed by atoms with Crippen LogP contribution in [0.4, 0.5) is 0 Å². The largest absolute Gasteiger partial charge is 0.486 e. The average molecular weight is 281 g/mol. The van der Waals surface area contributed by atoms with Crippen LogP contribution in [0.5, 0.6) is 0 Å². The number of allylic oxidation sites excluding steroid dienone is 1. The van der Waals surface area contributed by atoms with Gasteiger partial charge in [-0.25, -0.2) is 0 Å². The van der Waals surface area contributed by atoms with E-state index in [1.165, 1.54) is 0 Å². The van der Waals surface area contributed by atoms with Gasteiger partial charge in [0.05, 0.1) is 19.6 Å². The van der Waals surface area contributed by atoms with E-state index in [4.69, 9.17) is 25.8 Å². The highest BCUT2D eigenvalue weighted by molar-refractivity contribution is 6.43. The molecule has 1 spiro atoms. The minimum Gasteiger partial charge on any atom is -0.486 e. The third kappa shape index (κ3) is 2.27. The summed E-state index contributed by atoms with van der Waals surface area (Å²) in [5.41, 5.74) is 0.993. The van der Waals surface area contributed by atoms with Crippen LogP contribution in [0.2, 0.25) is 0 Å². The summed E-state index contributed by atoms with van der Waals surface area (Å²) in [5.74, 6) is -0.990. The first kappa shape index (κ1) is 12.7. The van der Waals surface area contributed by atoms with Crippen LogP contribution in [0.15, 0.2) is 41.1 Å². The lowest BCUT2D eigenvalue weighted by molar-refractivity contribution is -0.159. The van der Waals surface area contributed by atoms with Crippen LogP contribution < -0.4 is 0 Å². The Hall–Kier alpha value is -1.36. The lowest BCUT2D eigenvalue weighted by Crippen LogP contribution is -2.31. The molecule has 5 heteroatoms. The second kappa shape index (κ2) is 4.96. The molecule has 4 nitrogen and oxygen atoms in total. The fourth-order valence-electron chi connectivity index (χ4n) is 2.25. The molecule has 0 amide bonds. The zero-order valence-corrected chi connectivity index (χ0v) is 11.0. The Bertz CT molecular complexity index is 518. The number of ether oxygens (including phenoxy) is 3. The van der Waals surface area contributed by atoms with E-state index in [0.717, 1.165) is 5.56 Å². The van der Waals surface area contributed by atoms with Gasteiger partial charge in [0.1, 0.15) is 11.6 Å². The highest BCUT2D eigenvalue weighted by Gasteiger charge is 2.52. The first-order chi connectivity index (χ1) is 9.21. The van der Waals surface area contributed by atoms with Crippen LogP contribution in [0, 0.1) is 0 Å². The quantitative estimate of drug-likeness (QED) is 0.853. The van der Waals surface area contributed by atoms with Crippen LogP contribution in [-0.2, 0) is 25.6 Å². The number of Topliss-reactive ketones (excluding diaryl/α,β-unsaturated/α-hetero) is 1. The van der Waals surface area contributed by atoms with Crippen LogP contribution in [-0.4, -0.2) is 24.8 Å². The molecule has 19 heavy (non-hydrogen) atoms. The summed E-state index contributed by atoms with van der Waals surface area (Å²) < 4.78 is 16.8. The number of rotatable bonds is 3. The highest BCUT2D eigenvalue weighted by atomic mass is 35.5. The van der Waals surface area contributed by atoms with Crippen molar-refractivity contribution in [2.45, 2.75) is 18.8 Å². The van der Waals surface area contributed by atoms with Crippen LogP contribution in [0.3, 0.4) is 0 Å². The van der Waals surface area contributed by atoms with E-state index in [2.05, 4.69) is 0 Å². The van der Waals surface area contributed by atoms with Crippen molar-refractivity contribution < 1.29 is 19.0 Å². The van der Waals surface area contributed by atoms with Gasteiger partial charge in [-0.3, -0.25) is 4.79 Å². The third-order valence-corrected chi connectivity index (χ3v) is 3.55. The molecule has 1 saturated heterocycles. The van der Waals surface area contributed by atoms with E-state index in [-0.39, 0.29) is 17.2 Å². The van der Waals surface area contributed by atoms with Crippen LogP contribution >= 0.6 is 11.6 Å². The van der Waals surface area contributed by atoms with Gasteiger partial charge in [0.25, 0.3) is 0 Å². The number of hydrogen-bond donors (Lipinski definition) is 0. The summed E-state index contributed by atoms with van der Waals surface area (Å²) in [6.07, 6.45) is 0.0932. The van der Waals surface area contributed by atoms with E-state index >= 15 is 0 Å². The number of hydrogen-bond acceptors (Lipinski definition) is 4. The molecule has 3 rings (SSSR count). The molecule has 1 aliphatic carbocycles. The Morgan fingerprint density at radius 1 is 1.21 bits per heavy atom. The van der Waals surface area contributed by atoms with Crippen LogP contribution in [0.25, 0.3) is 0 Å². The van der Waals surface area contributed by atoms with Gasteiger partial charge in [0.15, 0.2) is 11.5 Å². The summed E-state index contributed by atoms with van der Waals surface area (Å²) >= 11 is 6.01. The number of carbonyl (C=O) groups is 1. The summed E-state index contributed by atoms with van der Waals surface area (Å²) in [4.78, 5) is 11.7. The fraction of sp³-hybridized carbons (Fsp3) is 0.357. The van der Waals surface area contributed by atoms with E-state index < -0.39 is 5.79 Å². The maximum absolute atomic E-state index is 11.7. The number of ketones is 1. The van der Waals surface area contributed by atoms with Crippen molar-refractivity contribution >= 4 is 17.4 Å². The first-order valence-corrected chi connectivity index (χ1v) is 6.47. The Labute approximate surface area is 115 Å². The first-order valence-electron chi connectivity index (χ1n) is 6.09. The Kier molecular flexibility index (Phi) is 3.31. The van der Waals surface area contributed by atoms with Gasteiger partial charge < -0.3 is 14.2 Å². The zero-order chi connectivity index (χ0) is 13.3. The topological polar surface area (TPSA) is 44.8 Å². The van der Waals surface area contributed by atoms with Crippen molar-refractivity contribution in [3.63, 3.8) is 0 Å². The molecule has 1 aromatic rings.